The third-order valence-corrected chi connectivity index (χ3v) is 5.94. The van der Waals surface area contributed by atoms with E-state index in [2.05, 4.69) is 30.5 Å². The fourth-order valence-corrected chi connectivity index (χ4v) is 4.13. The van der Waals surface area contributed by atoms with E-state index in [1.165, 1.54) is 12.1 Å². The Morgan fingerprint density at radius 2 is 1.94 bits per heavy atom. The van der Waals surface area contributed by atoms with Gasteiger partial charge in [0.25, 0.3) is 0 Å². The summed E-state index contributed by atoms with van der Waals surface area (Å²) in [5, 5.41) is 15.5. The van der Waals surface area contributed by atoms with Crippen LogP contribution in [0.25, 0.3) is 5.65 Å². The minimum atomic E-state index is -0.445. The Bertz CT molecular complexity index is 1230. The molecule has 1 aromatic carbocycles. The number of imidazole rings is 1. The van der Waals surface area contributed by atoms with Crippen LogP contribution in [-0.2, 0) is 11.8 Å². The Balaban J connectivity index is 1.28. The van der Waals surface area contributed by atoms with Gasteiger partial charge < -0.3 is 14.8 Å². The summed E-state index contributed by atoms with van der Waals surface area (Å²) in [6, 6.07) is 9.53. The molecule has 0 spiro atoms. The molecule has 0 bridgehead atoms. The molecule has 0 radical (unpaired) electrons. The lowest BCUT2D eigenvalue weighted by Gasteiger charge is -2.32. The number of rotatable bonds is 5. The Hall–Kier alpha value is -3.82. The fraction of sp³-hybridized carbons (Fsp3) is 0.318. The minimum Gasteiger partial charge on any atom is -0.355 e. The highest BCUT2D eigenvalue weighted by Crippen LogP contribution is 2.25. The smallest absolute Gasteiger partial charge is 0.224 e. The first kappa shape index (κ1) is 20.1. The van der Waals surface area contributed by atoms with Crippen molar-refractivity contribution in [3.05, 3.63) is 72.3 Å². The number of aromatic nitrogens is 6. The second kappa shape index (κ2) is 8.37. The van der Waals surface area contributed by atoms with Gasteiger partial charge in [0, 0.05) is 38.4 Å². The Morgan fingerprint density at radius 3 is 2.66 bits per heavy atom. The van der Waals surface area contributed by atoms with Crippen LogP contribution in [0.4, 0.5) is 10.2 Å². The zero-order valence-corrected chi connectivity index (χ0v) is 17.6. The van der Waals surface area contributed by atoms with Gasteiger partial charge in [-0.25, -0.2) is 9.37 Å². The van der Waals surface area contributed by atoms with Crippen molar-refractivity contribution < 1.29 is 9.18 Å². The minimum absolute atomic E-state index is 0.0239. The van der Waals surface area contributed by atoms with E-state index in [4.69, 9.17) is 0 Å². The predicted octanol–water partition coefficient (Wildman–Crippen LogP) is 2.12. The molecule has 1 amide bonds. The molecule has 1 aliphatic heterocycles. The molecule has 10 heteroatoms. The van der Waals surface area contributed by atoms with Crippen molar-refractivity contribution in [1.82, 2.24) is 34.7 Å². The number of amides is 1. The van der Waals surface area contributed by atoms with Gasteiger partial charge in [-0.2, -0.15) is 4.52 Å². The molecule has 1 atom stereocenters. The summed E-state index contributed by atoms with van der Waals surface area (Å²) in [7, 11) is 1.88. The lowest BCUT2D eigenvalue weighted by atomic mass is 9.95. The van der Waals surface area contributed by atoms with Gasteiger partial charge in [0.2, 0.25) is 5.91 Å². The van der Waals surface area contributed by atoms with Crippen LogP contribution in [0, 0.1) is 11.7 Å². The molecule has 32 heavy (non-hydrogen) atoms. The van der Waals surface area contributed by atoms with Gasteiger partial charge in [-0.1, -0.05) is 12.1 Å². The largest absolute Gasteiger partial charge is 0.355 e. The summed E-state index contributed by atoms with van der Waals surface area (Å²) in [5.41, 5.74) is 1.49. The van der Waals surface area contributed by atoms with Gasteiger partial charge in [0.05, 0.1) is 0 Å². The molecule has 3 aromatic heterocycles. The van der Waals surface area contributed by atoms with E-state index in [-0.39, 0.29) is 17.6 Å². The topological polar surface area (TPSA) is 93.2 Å². The zero-order chi connectivity index (χ0) is 22.1. The van der Waals surface area contributed by atoms with Crippen molar-refractivity contribution in [3.8, 4) is 0 Å². The van der Waals surface area contributed by atoms with E-state index >= 15 is 0 Å². The van der Waals surface area contributed by atoms with Crippen LogP contribution in [0.3, 0.4) is 0 Å². The predicted molar refractivity (Wildman–Crippen MR) is 115 cm³/mol. The third kappa shape index (κ3) is 3.91. The number of carbonyl (C=O) groups is 1. The van der Waals surface area contributed by atoms with Gasteiger partial charge in [-0.05, 0) is 42.7 Å². The molecule has 1 unspecified atom stereocenters. The molecule has 1 N–H and O–H groups in total. The molecular weight excluding hydrogens is 411 g/mol. The Kier molecular flexibility index (Phi) is 5.26. The number of aryl methyl sites for hydroxylation is 1. The monoisotopic (exact) mass is 434 g/mol. The van der Waals surface area contributed by atoms with Crippen LogP contribution in [0.1, 0.15) is 30.3 Å². The molecule has 1 aliphatic rings. The van der Waals surface area contributed by atoms with E-state index < -0.39 is 6.04 Å². The third-order valence-electron chi connectivity index (χ3n) is 5.94. The average molecular weight is 434 g/mol. The number of benzene rings is 1. The maximum absolute atomic E-state index is 13.4. The molecule has 9 nitrogen and oxygen atoms in total. The quantitative estimate of drug-likeness (QED) is 0.517. The van der Waals surface area contributed by atoms with E-state index in [0.29, 0.717) is 24.3 Å². The lowest BCUT2D eigenvalue weighted by molar-refractivity contribution is -0.126. The molecule has 1 saturated heterocycles. The van der Waals surface area contributed by atoms with Crippen LogP contribution in [-0.4, -0.2) is 48.4 Å². The van der Waals surface area contributed by atoms with Gasteiger partial charge in [0.15, 0.2) is 5.65 Å². The van der Waals surface area contributed by atoms with Gasteiger partial charge in [-0.3, -0.25) is 4.79 Å². The van der Waals surface area contributed by atoms with Crippen LogP contribution >= 0.6 is 0 Å². The highest BCUT2D eigenvalue weighted by atomic mass is 19.1. The molecule has 4 heterocycles. The summed E-state index contributed by atoms with van der Waals surface area (Å²) in [5.74, 6) is 1.09. The van der Waals surface area contributed by atoms with Crippen molar-refractivity contribution in [1.29, 1.82) is 0 Å². The Labute approximate surface area is 183 Å². The fourth-order valence-electron chi connectivity index (χ4n) is 4.13. The van der Waals surface area contributed by atoms with Crippen molar-refractivity contribution >= 4 is 17.4 Å². The number of hydrogen-bond acceptors (Lipinski definition) is 6. The van der Waals surface area contributed by atoms with Gasteiger partial charge in [0.1, 0.15) is 29.8 Å². The molecule has 164 valence electrons. The maximum Gasteiger partial charge on any atom is 0.224 e. The average Bonchev–Trinajstić information content (AvgIpc) is 3.46. The first-order valence-electron chi connectivity index (χ1n) is 10.5. The van der Waals surface area contributed by atoms with Crippen LogP contribution in [0.15, 0.2) is 55.1 Å². The number of halogens is 1. The van der Waals surface area contributed by atoms with Gasteiger partial charge >= 0.3 is 0 Å². The van der Waals surface area contributed by atoms with Crippen molar-refractivity contribution in [3.63, 3.8) is 0 Å². The van der Waals surface area contributed by atoms with E-state index in [1.54, 1.807) is 29.2 Å². The molecule has 5 rings (SSSR count). The summed E-state index contributed by atoms with van der Waals surface area (Å²) < 4.78 is 17.0. The lowest BCUT2D eigenvalue weighted by Crippen LogP contribution is -2.42. The molecule has 0 aliphatic carbocycles. The summed E-state index contributed by atoms with van der Waals surface area (Å²) >= 11 is 0. The summed E-state index contributed by atoms with van der Waals surface area (Å²) in [6.07, 6.45) is 6.52. The standard InChI is InChI=1S/C22H23FN8O/c1-29-13-10-24-21(29)20(15-2-4-17(23)5-3-15)26-22(32)16-8-11-30(12-9-16)19-7-6-18-27-25-14-31(18)28-19/h2-7,10,13-14,16,20H,8-9,11-12H2,1H3,(H,26,32). The summed E-state index contributed by atoms with van der Waals surface area (Å²) in [6.45, 7) is 1.45. The number of fused-ring (bicyclic) bond motifs is 1. The molecular formula is C22H23FN8O. The Morgan fingerprint density at radius 1 is 1.16 bits per heavy atom. The highest BCUT2D eigenvalue weighted by molar-refractivity contribution is 5.79. The number of piperidine rings is 1. The second-order valence-electron chi connectivity index (χ2n) is 7.98. The number of carbonyl (C=O) groups excluding carboxylic acids is 1. The van der Waals surface area contributed by atoms with E-state index in [0.717, 1.165) is 24.5 Å². The van der Waals surface area contributed by atoms with Crippen LogP contribution < -0.4 is 10.2 Å². The van der Waals surface area contributed by atoms with Crippen LogP contribution in [0.5, 0.6) is 0 Å². The molecule has 1 fully saturated rings. The van der Waals surface area contributed by atoms with Crippen molar-refractivity contribution in [2.45, 2.75) is 18.9 Å². The molecule has 0 saturated carbocycles. The normalized spacial score (nSPS) is 15.8. The van der Waals surface area contributed by atoms with Crippen molar-refractivity contribution in [2.75, 3.05) is 18.0 Å². The first-order valence-corrected chi connectivity index (χ1v) is 10.5. The summed E-state index contributed by atoms with van der Waals surface area (Å²) in [4.78, 5) is 19.7. The first-order chi connectivity index (χ1) is 15.6. The SMILES string of the molecule is Cn1ccnc1C(NC(=O)C1CCN(c2ccc3nncn3n2)CC1)c1ccc(F)cc1. The maximum atomic E-state index is 13.4. The number of nitrogens with zero attached hydrogens (tertiary/aromatic N) is 7. The highest BCUT2D eigenvalue weighted by Gasteiger charge is 2.29. The molecule has 4 aromatic rings. The second-order valence-corrected chi connectivity index (χ2v) is 7.98. The van der Waals surface area contributed by atoms with E-state index in [9.17, 15) is 9.18 Å². The zero-order valence-electron chi connectivity index (χ0n) is 17.6. The van der Waals surface area contributed by atoms with E-state index in [1.807, 2.05) is 29.9 Å². The van der Waals surface area contributed by atoms with Crippen molar-refractivity contribution in [2.24, 2.45) is 13.0 Å². The number of hydrogen-bond donors (Lipinski definition) is 1. The van der Waals surface area contributed by atoms with Crippen LogP contribution in [0.2, 0.25) is 0 Å². The number of anilines is 1. The van der Waals surface area contributed by atoms with Gasteiger partial charge in [-0.15, -0.1) is 15.3 Å². The number of nitrogens with one attached hydrogen (secondary N) is 1.